The normalized spacial score (nSPS) is 12.6. The van der Waals surface area contributed by atoms with Crippen molar-refractivity contribution in [3.63, 3.8) is 0 Å². The molecular weight excluding hydrogens is 769 g/mol. The van der Waals surface area contributed by atoms with Crippen LogP contribution in [0.4, 0.5) is 0 Å². The predicted octanol–water partition coefficient (Wildman–Crippen LogP) is 17.0. The molecule has 0 aromatic carbocycles. The van der Waals surface area contributed by atoms with E-state index < -0.39 is 6.10 Å². The molecule has 62 heavy (non-hydrogen) atoms. The minimum absolute atomic E-state index is 0.0853. The number of unbranched alkanes of at least 4 members (excludes halogenated alkanes) is 25. The minimum Gasteiger partial charge on any atom is -0.462 e. The number of rotatable bonds is 46. The van der Waals surface area contributed by atoms with Crippen molar-refractivity contribution in [1.82, 2.24) is 0 Å². The highest BCUT2D eigenvalue weighted by Gasteiger charge is 2.19. The fraction of sp³-hybridized carbons (Fsp3) is 0.732. The fourth-order valence-corrected chi connectivity index (χ4v) is 7.12. The Morgan fingerprint density at radius 1 is 0.355 bits per heavy atom. The molecule has 1 unspecified atom stereocenters. The lowest BCUT2D eigenvalue weighted by Crippen LogP contribution is -2.30. The molecule has 0 aliphatic carbocycles. The Balaban J connectivity index is 4.41. The zero-order valence-electron chi connectivity index (χ0n) is 40.6. The highest BCUT2D eigenvalue weighted by Crippen LogP contribution is 2.15. The van der Waals surface area contributed by atoms with Crippen LogP contribution < -0.4 is 0 Å². The van der Waals surface area contributed by atoms with Crippen molar-refractivity contribution in [3.05, 3.63) is 72.9 Å². The Labute approximate surface area is 382 Å². The maximum Gasteiger partial charge on any atom is 0.306 e. The summed E-state index contributed by atoms with van der Waals surface area (Å²) >= 11 is 0. The van der Waals surface area contributed by atoms with Crippen LogP contribution in [-0.2, 0) is 28.6 Å². The average Bonchev–Trinajstić information content (AvgIpc) is 3.27. The van der Waals surface area contributed by atoms with Crippen molar-refractivity contribution in [1.29, 1.82) is 0 Å². The summed E-state index contributed by atoms with van der Waals surface area (Å²) in [5.41, 5.74) is 0. The lowest BCUT2D eigenvalue weighted by molar-refractivity contribution is -0.167. The summed E-state index contributed by atoms with van der Waals surface area (Å²) in [4.78, 5) is 38.0. The maximum absolute atomic E-state index is 12.8. The van der Waals surface area contributed by atoms with Crippen molar-refractivity contribution in [3.8, 4) is 0 Å². The van der Waals surface area contributed by atoms with Gasteiger partial charge in [0.2, 0.25) is 0 Å². The molecule has 0 amide bonds. The van der Waals surface area contributed by atoms with Gasteiger partial charge in [-0.1, -0.05) is 209 Å². The van der Waals surface area contributed by atoms with Crippen LogP contribution in [0.2, 0.25) is 0 Å². The van der Waals surface area contributed by atoms with Crippen LogP contribution >= 0.6 is 0 Å². The number of ether oxygens (including phenoxy) is 3. The van der Waals surface area contributed by atoms with Gasteiger partial charge in [0.1, 0.15) is 13.2 Å². The minimum atomic E-state index is -0.785. The lowest BCUT2D eigenvalue weighted by atomic mass is 10.1. The number of carbonyl (C=O) groups excluding carboxylic acids is 3. The SMILES string of the molecule is CC\C=C/C=C\C=C/CCCCCCCCCC(=O)OCC(COC(=O)CCCCCCCCC/C=C\C/C=C\CC)OC(=O)CCCCCCCCC/C=C\CCCCCC. The van der Waals surface area contributed by atoms with Crippen LogP contribution in [0.15, 0.2) is 72.9 Å². The van der Waals surface area contributed by atoms with Gasteiger partial charge in [-0.15, -0.1) is 0 Å². The van der Waals surface area contributed by atoms with E-state index >= 15 is 0 Å². The van der Waals surface area contributed by atoms with Crippen LogP contribution in [0, 0.1) is 0 Å². The van der Waals surface area contributed by atoms with Crippen LogP contribution in [0.1, 0.15) is 245 Å². The molecule has 0 rings (SSSR count). The van der Waals surface area contributed by atoms with Crippen molar-refractivity contribution in [2.45, 2.75) is 252 Å². The van der Waals surface area contributed by atoms with E-state index in [9.17, 15) is 14.4 Å². The third-order valence-corrected chi connectivity index (χ3v) is 11.0. The van der Waals surface area contributed by atoms with Crippen molar-refractivity contribution in [2.75, 3.05) is 13.2 Å². The van der Waals surface area contributed by atoms with Gasteiger partial charge in [0, 0.05) is 19.3 Å². The summed E-state index contributed by atoms with van der Waals surface area (Å²) in [5.74, 6) is -0.907. The molecule has 1 atom stereocenters. The molecule has 0 N–H and O–H groups in total. The first-order valence-corrected chi connectivity index (χ1v) is 26.0. The summed E-state index contributed by atoms with van der Waals surface area (Å²) in [6.45, 7) is 6.37. The topological polar surface area (TPSA) is 78.9 Å². The quantitative estimate of drug-likeness (QED) is 0.0199. The van der Waals surface area contributed by atoms with Gasteiger partial charge in [0.15, 0.2) is 6.10 Å². The zero-order chi connectivity index (χ0) is 45.1. The Morgan fingerprint density at radius 3 is 1.16 bits per heavy atom. The van der Waals surface area contributed by atoms with E-state index in [2.05, 4.69) is 93.7 Å². The largest absolute Gasteiger partial charge is 0.462 e. The third-order valence-electron chi connectivity index (χ3n) is 11.0. The molecule has 0 radical (unpaired) electrons. The van der Waals surface area contributed by atoms with Crippen LogP contribution in [0.3, 0.4) is 0 Å². The zero-order valence-corrected chi connectivity index (χ0v) is 40.6. The van der Waals surface area contributed by atoms with Gasteiger partial charge < -0.3 is 14.2 Å². The van der Waals surface area contributed by atoms with E-state index in [0.717, 1.165) is 89.9 Å². The molecule has 0 saturated carbocycles. The monoisotopic (exact) mass is 865 g/mol. The summed E-state index contributed by atoms with van der Waals surface area (Å²) in [5, 5.41) is 0. The van der Waals surface area contributed by atoms with E-state index in [1.54, 1.807) is 0 Å². The molecule has 0 bridgehead atoms. The van der Waals surface area contributed by atoms with Gasteiger partial charge in [-0.25, -0.2) is 0 Å². The molecule has 0 aliphatic rings. The molecule has 0 heterocycles. The van der Waals surface area contributed by atoms with E-state index in [4.69, 9.17) is 14.2 Å². The van der Waals surface area contributed by atoms with Crippen molar-refractivity contribution < 1.29 is 28.6 Å². The number of hydrogen-bond acceptors (Lipinski definition) is 6. The van der Waals surface area contributed by atoms with Gasteiger partial charge in [-0.2, -0.15) is 0 Å². The maximum atomic E-state index is 12.8. The fourth-order valence-electron chi connectivity index (χ4n) is 7.12. The van der Waals surface area contributed by atoms with Crippen LogP contribution in [0.25, 0.3) is 0 Å². The van der Waals surface area contributed by atoms with E-state index in [1.165, 1.54) is 116 Å². The Hall–Kier alpha value is -3.15. The second kappa shape index (κ2) is 50.5. The van der Waals surface area contributed by atoms with E-state index in [0.29, 0.717) is 19.3 Å². The standard InChI is InChI=1S/C56H96O6/c1-4-7-10-13-16-19-22-25-28-31-34-37-40-43-46-49-55(58)61-52-53(51-60-54(57)48-45-42-39-36-33-30-27-24-21-18-15-12-9-6-3)62-56(59)50-47-44-41-38-35-32-29-26-23-20-17-14-11-8-5-2/h7,9-10,12-13,16,18-23,53H,4-6,8,11,14-15,17,24-52H2,1-3H3/b10-7-,12-9-,16-13-,21-18-,22-19-,23-20-. The van der Waals surface area contributed by atoms with Gasteiger partial charge in [-0.05, 0) is 89.9 Å². The molecule has 0 spiro atoms. The second-order valence-electron chi connectivity index (χ2n) is 17.1. The average molecular weight is 865 g/mol. The van der Waals surface area contributed by atoms with E-state index in [1.807, 2.05) is 0 Å². The Morgan fingerprint density at radius 2 is 0.710 bits per heavy atom. The molecule has 356 valence electrons. The van der Waals surface area contributed by atoms with Gasteiger partial charge >= 0.3 is 17.9 Å². The Bertz CT molecular complexity index is 1180. The third kappa shape index (κ3) is 47.9. The van der Waals surface area contributed by atoms with Crippen molar-refractivity contribution in [2.24, 2.45) is 0 Å². The number of hydrogen-bond donors (Lipinski definition) is 0. The Kier molecular flexibility index (Phi) is 47.9. The smallest absolute Gasteiger partial charge is 0.306 e. The number of esters is 3. The van der Waals surface area contributed by atoms with Gasteiger partial charge in [0.05, 0.1) is 0 Å². The number of allylic oxidation sites excluding steroid dienone is 12. The summed E-state index contributed by atoms with van der Waals surface area (Å²) < 4.78 is 16.8. The first-order valence-electron chi connectivity index (χ1n) is 26.0. The molecule has 0 saturated heterocycles. The van der Waals surface area contributed by atoms with Crippen LogP contribution in [-0.4, -0.2) is 37.2 Å². The number of carbonyl (C=O) groups is 3. The first-order chi connectivity index (χ1) is 30.5. The summed E-state index contributed by atoms with van der Waals surface area (Å²) in [6.07, 6.45) is 63.1. The molecule has 0 fully saturated rings. The summed E-state index contributed by atoms with van der Waals surface area (Å²) in [7, 11) is 0. The van der Waals surface area contributed by atoms with Gasteiger partial charge in [-0.3, -0.25) is 14.4 Å². The van der Waals surface area contributed by atoms with E-state index in [-0.39, 0.29) is 31.1 Å². The highest BCUT2D eigenvalue weighted by atomic mass is 16.6. The molecule has 6 nitrogen and oxygen atoms in total. The summed E-state index contributed by atoms with van der Waals surface area (Å²) in [6, 6.07) is 0. The highest BCUT2D eigenvalue weighted by molar-refractivity contribution is 5.71. The van der Waals surface area contributed by atoms with Crippen LogP contribution in [0.5, 0.6) is 0 Å². The molecular formula is C56H96O6. The molecule has 0 aromatic rings. The van der Waals surface area contributed by atoms with Gasteiger partial charge in [0.25, 0.3) is 0 Å². The second-order valence-corrected chi connectivity index (χ2v) is 17.1. The first kappa shape index (κ1) is 58.9. The molecule has 6 heteroatoms. The lowest BCUT2D eigenvalue weighted by Gasteiger charge is -2.18. The molecule has 0 aliphatic heterocycles. The van der Waals surface area contributed by atoms with Crippen molar-refractivity contribution >= 4 is 17.9 Å². The predicted molar refractivity (Wildman–Crippen MR) is 265 cm³/mol. The molecule has 0 aromatic heterocycles.